The second kappa shape index (κ2) is 5.59. The molecule has 0 aliphatic carbocycles. The van der Waals surface area contributed by atoms with Crippen LogP contribution in [0.5, 0.6) is 11.5 Å². The molecule has 4 heteroatoms. The van der Waals surface area contributed by atoms with Crippen molar-refractivity contribution in [1.29, 1.82) is 0 Å². The van der Waals surface area contributed by atoms with Gasteiger partial charge < -0.3 is 19.5 Å². The summed E-state index contributed by atoms with van der Waals surface area (Å²) in [6.45, 7) is 6.24. The molecule has 1 aliphatic rings. The van der Waals surface area contributed by atoms with E-state index in [-0.39, 0.29) is 11.6 Å². The van der Waals surface area contributed by atoms with Crippen LogP contribution >= 0.6 is 0 Å². The van der Waals surface area contributed by atoms with E-state index in [0.29, 0.717) is 13.2 Å². The van der Waals surface area contributed by atoms with Crippen molar-refractivity contribution in [2.24, 2.45) is 0 Å². The van der Waals surface area contributed by atoms with Crippen LogP contribution in [0.2, 0.25) is 0 Å². The zero-order valence-electron chi connectivity index (χ0n) is 11.2. The normalized spacial score (nSPS) is 22.5. The lowest BCUT2D eigenvalue weighted by Gasteiger charge is -2.36. The fraction of sp³-hybridized carbons (Fsp3) is 0.571. The third-order valence-corrected chi connectivity index (χ3v) is 2.89. The van der Waals surface area contributed by atoms with Gasteiger partial charge in [0.15, 0.2) is 11.5 Å². The fourth-order valence-corrected chi connectivity index (χ4v) is 2.11. The van der Waals surface area contributed by atoms with E-state index in [0.717, 1.165) is 18.1 Å². The lowest BCUT2D eigenvalue weighted by molar-refractivity contribution is 0.000725. The summed E-state index contributed by atoms with van der Waals surface area (Å²) in [7, 11) is 1.65. The summed E-state index contributed by atoms with van der Waals surface area (Å²) >= 11 is 0. The molecule has 0 bridgehead atoms. The second-order valence-corrected chi connectivity index (χ2v) is 5.20. The molecule has 1 aromatic rings. The van der Waals surface area contributed by atoms with E-state index in [4.69, 9.17) is 14.2 Å². The quantitative estimate of drug-likeness (QED) is 0.886. The highest BCUT2D eigenvalue weighted by Gasteiger charge is 2.28. The zero-order chi connectivity index (χ0) is 13.0. The Kier molecular flexibility index (Phi) is 4.09. The highest BCUT2D eigenvalue weighted by molar-refractivity contribution is 5.39. The summed E-state index contributed by atoms with van der Waals surface area (Å²) in [5.74, 6) is 1.53. The molecule has 2 rings (SSSR count). The smallest absolute Gasteiger partial charge is 0.161 e. The Morgan fingerprint density at radius 1 is 1.33 bits per heavy atom. The maximum atomic E-state index is 5.79. The van der Waals surface area contributed by atoms with Gasteiger partial charge >= 0.3 is 0 Å². The summed E-state index contributed by atoms with van der Waals surface area (Å²) in [5.41, 5.74) is 0.00699. The number of para-hydroxylation sites is 2. The van der Waals surface area contributed by atoms with Gasteiger partial charge in [-0.15, -0.1) is 0 Å². The molecule has 0 amide bonds. The van der Waals surface area contributed by atoms with E-state index in [1.807, 2.05) is 24.3 Å². The number of morpholine rings is 1. The SMILES string of the molecule is COc1ccccc1OCC1COCC(C)(C)N1. The molecule has 100 valence electrons. The van der Waals surface area contributed by atoms with E-state index in [1.165, 1.54) is 0 Å². The monoisotopic (exact) mass is 251 g/mol. The van der Waals surface area contributed by atoms with Crippen molar-refractivity contribution in [3.63, 3.8) is 0 Å². The number of methoxy groups -OCH3 is 1. The van der Waals surface area contributed by atoms with Gasteiger partial charge in [0.25, 0.3) is 0 Å². The van der Waals surface area contributed by atoms with Crippen LogP contribution in [0.3, 0.4) is 0 Å². The van der Waals surface area contributed by atoms with E-state index >= 15 is 0 Å². The summed E-state index contributed by atoms with van der Waals surface area (Å²) in [5, 5.41) is 3.51. The van der Waals surface area contributed by atoms with Gasteiger partial charge in [0.05, 0.1) is 26.4 Å². The van der Waals surface area contributed by atoms with Crippen LogP contribution in [0, 0.1) is 0 Å². The molecule has 1 saturated heterocycles. The molecule has 1 heterocycles. The van der Waals surface area contributed by atoms with Crippen molar-refractivity contribution < 1.29 is 14.2 Å². The first-order chi connectivity index (χ1) is 8.61. The lowest BCUT2D eigenvalue weighted by atomic mass is 10.0. The Labute approximate surface area is 108 Å². The third-order valence-electron chi connectivity index (χ3n) is 2.89. The predicted molar refractivity (Wildman–Crippen MR) is 70.3 cm³/mol. The van der Waals surface area contributed by atoms with Gasteiger partial charge in [0.2, 0.25) is 0 Å². The highest BCUT2D eigenvalue weighted by atomic mass is 16.5. The first-order valence-electron chi connectivity index (χ1n) is 6.22. The van der Waals surface area contributed by atoms with Gasteiger partial charge in [0.1, 0.15) is 6.61 Å². The van der Waals surface area contributed by atoms with Gasteiger partial charge in [-0.05, 0) is 26.0 Å². The first kappa shape index (κ1) is 13.2. The standard InChI is InChI=1S/C14H21NO3/c1-14(2)10-17-8-11(15-14)9-18-13-7-5-4-6-12(13)16-3/h4-7,11,15H,8-10H2,1-3H3. The first-order valence-corrected chi connectivity index (χ1v) is 6.22. The molecule has 0 radical (unpaired) electrons. The minimum Gasteiger partial charge on any atom is -0.493 e. The topological polar surface area (TPSA) is 39.7 Å². The van der Waals surface area contributed by atoms with Crippen LogP contribution in [0.15, 0.2) is 24.3 Å². The minimum atomic E-state index is 0.00699. The maximum absolute atomic E-state index is 5.79. The molecule has 0 spiro atoms. The number of nitrogens with one attached hydrogen (secondary N) is 1. The Balaban J connectivity index is 1.91. The average molecular weight is 251 g/mol. The summed E-state index contributed by atoms with van der Waals surface area (Å²) in [6, 6.07) is 7.87. The van der Waals surface area contributed by atoms with Crippen LogP contribution in [0.4, 0.5) is 0 Å². The second-order valence-electron chi connectivity index (χ2n) is 5.20. The molecular formula is C14H21NO3. The molecule has 18 heavy (non-hydrogen) atoms. The van der Waals surface area contributed by atoms with Gasteiger partial charge in [-0.1, -0.05) is 12.1 Å². The van der Waals surface area contributed by atoms with Crippen LogP contribution in [-0.4, -0.2) is 38.5 Å². The van der Waals surface area contributed by atoms with Crippen molar-refractivity contribution >= 4 is 0 Å². The van der Waals surface area contributed by atoms with Gasteiger partial charge in [-0.3, -0.25) is 0 Å². The van der Waals surface area contributed by atoms with Crippen LogP contribution < -0.4 is 14.8 Å². The number of hydrogen-bond acceptors (Lipinski definition) is 4. The largest absolute Gasteiger partial charge is 0.493 e. The molecule has 4 nitrogen and oxygen atoms in total. The van der Waals surface area contributed by atoms with Crippen molar-refractivity contribution in [2.75, 3.05) is 26.9 Å². The molecular weight excluding hydrogens is 230 g/mol. The van der Waals surface area contributed by atoms with E-state index in [1.54, 1.807) is 7.11 Å². The van der Waals surface area contributed by atoms with E-state index < -0.39 is 0 Å². The molecule has 1 atom stereocenters. The highest BCUT2D eigenvalue weighted by Crippen LogP contribution is 2.26. The van der Waals surface area contributed by atoms with E-state index in [9.17, 15) is 0 Å². The van der Waals surface area contributed by atoms with Crippen LogP contribution in [-0.2, 0) is 4.74 Å². The van der Waals surface area contributed by atoms with Gasteiger partial charge in [-0.25, -0.2) is 0 Å². The predicted octanol–water partition coefficient (Wildman–Crippen LogP) is 1.84. The fourth-order valence-electron chi connectivity index (χ4n) is 2.11. The Morgan fingerprint density at radius 2 is 2.06 bits per heavy atom. The number of benzene rings is 1. The van der Waals surface area contributed by atoms with Crippen molar-refractivity contribution in [3.05, 3.63) is 24.3 Å². The van der Waals surface area contributed by atoms with Crippen LogP contribution in [0.25, 0.3) is 0 Å². The van der Waals surface area contributed by atoms with Crippen molar-refractivity contribution in [1.82, 2.24) is 5.32 Å². The summed E-state index contributed by atoms with van der Waals surface area (Å²) in [6.07, 6.45) is 0. The lowest BCUT2D eigenvalue weighted by Crippen LogP contribution is -2.57. The Bertz CT molecular complexity index is 392. The molecule has 1 aromatic carbocycles. The zero-order valence-corrected chi connectivity index (χ0v) is 11.2. The van der Waals surface area contributed by atoms with Crippen molar-refractivity contribution in [2.45, 2.75) is 25.4 Å². The summed E-state index contributed by atoms with van der Waals surface area (Å²) in [4.78, 5) is 0. The molecule has 1 fully saturated rings. The summed E-state index contributed by atoms with van der Waals surface area (Å²) < 4.78 is 16.6. The molecule has 0 aromatic heterocycles. The molecule has 0 saturated carbocycles. The van der Waals surface area contributed by atoms with Gasteiger partial charge in [0, 0.05) is 5.54 Å². The Hall–Kier alpha value is -1.26. The number of ether oxygens (including phenoxy) is 3. The average Bonchev–Trinajstić information content (AvgIpc) is 2.35. The minimum absolute atomic E-state index is 0.00699. The molecule has 1 N–H and O–H groups in total. The van der Waals surface area contributed by atoms with Crippen LogP contribution in [0.1, 0.15) is 13.8 Å². The number of rotatable bonds is 4. The molecule has 1 aliphatic heterocycles. The van der Waals surface area contributed by atoms with E-state index in [2.05, 4.69) is 19.2 Å². The number of hydrogen-bond donors (Lipinski definition) is 1. The third kappa shape index (κ3) is 3.37. The van der Waals surface area contributed by atoms with Gasteiger partial charge in [-0.2, -0.15) is 0 Å². The molecule has 1 unspecified atom stereocenters. The maximum Gasteiger partial charge on any atom is 0.161 e. The Morgan fingerprint density at radius 3 is 2.72 bits per heavy atom. The van der Waals surface area contributed by atoms with Crippen molar-refractivity contribution in [3.8, 4) is 11.5 Å².